The Morgan fingerprint density at radius 1 is 0.494 bits per heavy atom. The maximum Gasteiger partial charge on any atom is 0.305 e. The molecule has 3 aliphatic rings. The van der Waals surface area contributed by atoms with E-state index in [1.54, 1.807) is 134 Å². The predicted octanol–water partition coefficient (Wildman–Crippen LogP) is 9.50. The summed E-state index contributed by atoms with van der Waals surface area (Å²) in [6.45, 7) is 1.83. The molecule has 0 saturated heterocycles. The first kappa shape index (κ1) is 59.2. The number of carboxylic acid groups (broad SMARTS) is 1. The van der Waals surface area contributed by atoms with Gasteiger partial charge in [0.2, 0.25) is 11.8 Å². The molecule has 0 spiro atoms. The van der Waals surface area contributed by atoms with Gasteiger partial charge in [-0.05, 0) is 108 Å². The van der Waals surface area contributed by atoms with Crippen LogP contribution in [0.5, 0.6) is 23.0 Å². The van der Waals surface area contributed by atoms with E-state index >= 15 is 0 Å². The van der Waals surface area contributed by atoms with E-state index in [1.165, 1.54) is 34.5 Å². The molecule has 0 saturated carbocycles. The third-order valence-corrected chi connectivity index (χ3v) is 14.5. The van der Waals surface area contributed by atoms with Crippen molar-refractivity contribution in [2.45, 2.75) is 44.3 Å². The first-order valence-electron chi connectivity index (χ1n) is 25.3. The number of nitrogens with one attached hydrogen (secondary N) is 1. The molecule has 3 unspecified atom stereocenters. The second-order valence-corrected chi connectivity index (χ2v) is 19.5. The minimum absolute atomic E-state index is 0.156. The molecule has 1 aromatic heterocycles. The van der Waals surface area contributed by atoms with E-state index in [0.29, 0.717) is 72.8 Å². The lowest BCUT2D eigenvalue weighted by atomic mass is 10.0. The number of halogens is 2. The minimum Gasteiger partial charge on any atom is -0.493 e. The summed E-state index contributed by atoms with van der Waals surface area (Å²) in [5.74, 6) is -2.78. The van der Waals surface area contributed by atoms with Gasteiger partial charge < -0.3 is 35.1 Å². The van der Waals surface area contributed by atoms with Gasteiger partial charge in [-0.1, -0.05) is 83.9 Å². The van der Waals surface area contributed by atoms with Crippen LogP contribution in [-0.2, 0) is 14.4 Å². The van der Waals surface area contributed by atoms with Crippen molar-refractivity contribution in [1.82, 2.24) is 19.7 Å². The summed E-state index contributed by atoms with van der Waals surface area (Å²) in [6, 6.07) is 35.1. The Balaban J connectivity index is 0.000000165. The molecule has 83 heavy (non-hydrogen) atoms. The number of benzene rings is 6. The van der Waals surface area contributed by atoms with Gasteiger partial charge in [-0.15, -0.1) is 0 Å². The maximum absolute atomic E-state index is 13.2. The molecule has 0 radical (unpaired) electrons. The fourth-order valence-electron chi connectivity index (χ4n) is 9.72. The third-order valence-electron chi connectivity index (χ3n) is 13.7. The van der Waals surface area contributed by atoms with Gasteiger partial charge in [-0.3, -0.25) is 57.9 Å². The highest BCUT2D eigenvalue weighted by Crippen LogP contribution is 2.40. The van der Waals surface area contributed by atoms with Crippen LogP contribution in [0.4, 0.5) is 5.82 Å². The van der Waals surface area contributed by atoms with Crippen molar-refractivity contribution in [1.29, 1.82) is 0 Å². The Labute approximate surface area is 485 Å². The van der Waals surface area contributed by atoms with E-state index in [9.17, 15) is 48.3 Å². The van der Waals surface area contributed by atoms with Crippen molar-refractivity contribution in [3.05, 3.63) is 211 Å². The normalized spacial score (nSPS) is 14.0. The largest absolute Gasteiger partial charge is 0.493 e. The summed E-state index contributed by atoms with van der Waals surface area (Å²) >= 11 is 11.9. The van der Waals surface area contributed by atoms with Gasteiger partial charge in [0.1, 0.15) is 5.82 Å². The van der Waals surface area contributed by atoms with E-state index in [1.807, 2.05) is 13.0 Å². The van der Waals surface area contributed by atoms with E-state index in [0.717, 1.165) is 20.3 Å². The van der Waals surface area contributed by atoms with Crippen LogP contribution in [0.1, 0.15) is 122 Å². The number of carboxylic acids is 1. The van der Waals surface area contributed by atoms with Crippen LogP contribution >= 0.6 is 23.2 Å². The SMILES string of the molecule is COc1ccc(C(CC(=O)Nc2ncccc2C)N2C(=O)c3ccccc3C2=O)cc1OC.COc1ccc(C(CC(=O)O)N2C(=O)c3ccccc3C2=O)cc1OC.NC(=O)CC(c1ccc(Cl)c(Cl)c1)N1C(=O)c2ccccc2C1=O. The lowest BCUT2D eigenvalue weighted by molar-refractivity contribution is -0.138. The Hall–Kier alpha value is -9.92. The zero-order chi connectivity index (χ0) is 59.8. The van der Waals surface area contributed by atoms with E-state index < -0.39 is 71.9 Å². The summed E-state index contributed by atoms with van der Waals surface area (Å²) in [5, 5.41) is 12.7. The first-order chi connectivity index (χ1) is 39.8. The number of hydrogen-bond donors (Lipinski definition) is 3. The number of nitrogens with two attached hydrogens (primary N) is 1. The molecule has 3 atom stereocenters. The van der Waals surface area contributed by atoms with Crippen molar-refractivity contribution in [3.8, 4) is 23.0 Å². The quantitative estimate of drug-likeness (QED) is 0.0716. The Morgan fingerprint density at radius 2 is 0.855 bits per heavy atom. The highest BCUT2D eigenvalue weighted by atomic mass is 35.5. The van der Waals surface area contributed by atoms with Crippen molar-refractivity contribution in [2.24, 2.45) is 5.73 Å². The molecule has 3 aliphatic heterocycles. The number of pyridine rings is 1. The smallest absolute Gasteiger partial charge is 0.305 e. The third kappa shape index (κ3) is 12.4. The average molecular weight is 1160 g/mol. The Bertz CT molecular complexity index is 3660. The molecular weight excluding hydrogens is 1110 g/mol. The number of hydrogen-bond acceptors (Lipinski definition) is 14. The molecule has 4 heterocycles. The van der Waals surface area contributed by atoms with E-state index in [2.05, 4.69) is 10.3 Å². The van der Waals surface area contributed by atoms with Gasteiger partial charge in [0.25, 0.3) is 35.4 Å². The average Bonchev–Trinajstić information content (AvgIpc) is 2.88. The fourth-order valence-corrected chi connectivity index (χ4v) is 10.0. The Kier molecular flexibility index (Phi) is 18.3. The number of methoxy groups -OCH3 is 4. The summed E-state index contributed by atoms with van der Waals surface area (Å²) in [5.41, 5.74) is 9.44. The number of anilines is 1. The molecule has 6 aromatic carbocycles. The van der Waals surface area contributed by atoms with E-state index in [4.69, 9.17) is 47.9 Å². The number of carbonyl (C=O) groups is 9. The van der Waals surface area contributed by atoms with E-state index in [-0.39, 0.29) is 34.9 Å². The van der Waals surface area contributed by atoms with Gasteiger partial charge in [-0.2, -0.15) is 0 Å². The van der Waals surface area contributed by atoms with Crippen LogP contribution in [0.3, 0.4) is 0 Å². The number of aromatic nitrogens is 1. The summed E-state index contributed by atoms with van der Waals surface area (Å²) in [4.78, 5) is 120. The van der Waals surface area contributed by atoms with Crippen LogP contribution in [0.25, 0.3) is 0 Å². The number of aliphatic carboxylic acids is 1. The number of amides is 8. The number of nitrogens with zero attached hydrogens (tertiary/aromatic N) is 4. The second kappa shape index (κ2) is 25.7. The predicted molar refractivity (Wildman–Crippen MR) is 303 cm³/mol. The summed E-state index contributed by atoms with van der Waals surface area (Å²) in [7, 11) is 5.95. The molecule has 7 aromatic rings. The second-order valence-electron chi connectivity index (χ2n) is 18.7. The molecule has 0 aliphatic carbocycles. The summed E-state index contributed by atoms with van der Waals surface area (Å²) in [6.07, 6.45) is 0.805. The molecule has 20 nitrogen and oxygen atoms in total. The zero-order valence-corrected chi connectivity index (χ0v) is 46.6. The highest BCUT2D eigenvalue weighted by molar-refractivity contribution is 6.42. The monoisotopic (exact) mass is 1160 g/mol. The number of imide groups is 3. The van der Waals surface area contributed by atoms with Crippen LogP contribution in [0.2, 0.25) is 10.0 Å². The molecule has 0 bridgehead atoms. The molecule has 424 valence electrons. The minimum atomic E-state index is -1.12. The molecule has 4 N–H and O–H groups in total. The van der Waals surface area contributed by atoms with Gasteiger partial charge >= 0.3 is 5.97 Å². The van der Waals surface area contributed by atoms with Crippen molar-refractivity contribution in [3.63, 3.8) is 0 Å². The lowest BCUT2D eigenvalue weighted by Crippen LogP contribution is -2.36. The number of carbonyl (C=O) groups excluding carboxylic acids is 8. The maximum atomic E-state index is 13.2. The lowest BCUT2D eigenvalue weighted by Gasteiger charge is -2.27. The van der Waals surface area contributed by atoms with Crippen molar-refractivity contribution < 1.29 is 67.2 Å². The number of primary amides is 1. The fraction of sp³-hybridized carbons (Fsp3) is 0.180. The van der Waals surface area contributed by atoms with Crippen LogP contribution < -0.4 is 30.0 Å². The number of rotatable bonds is 17. The standard InChI is InChI=1S/C25H23N3O5.C19H17NO6.C17H12Cl2N2O3/c1-15-7-6-12-26-23(15)27-22(29)14-19(16-10-11-20(32-2)21(13-16)33-3)28-24(30)17-8-4-5-9-18(17)25(28)31;1-25-15-8-7-11(9-16(15)26-2)14(10-17(21)22)20-18(23)12-5-3-4-6-13(12)19(20)24;18-12-6-5-9(7-13(12)19)14(8-15(20)22)21-16(23)10-3-1-2-4-11(10)17(21)24/h4-13,19H,14H2,1-3H3,(H,26,27,29);3-9,14H,10H2,1-2H3,(H,21,22);1-7,14H,8H2,(H2,20,22). The van der Waals surface area contributed by atoms with Crippen molar-refractivity contribution >= 4 is 82.2 Å². The number of ether oxygens (including phenoxy) is 4. The van der Waals surface area contributed by atoms with Gasteiger partial charge in [0, 0.05) is 6.20 Å². The molecular formula is C61H52Cl2N6O14. The van der Waals surface area contributed by atoms with Crippen LogP contribution in [-0.4, -0.2) is 106 Å². The van der Waals surface area contributed by atoms with Gasteiger partial charge in [0.15, 0.2) is 23.0 Å². The number of aryl methyl sites for hydroxylation is 1. The highest BCUT2D eigenvalue weighted by Gasteiger charge is 2.44. The first-order valence-corrected chi connectivity index (χ1v) is 26.1. The Morgan fingerprint density at radius 3 is 1.20 bits per heavy atom. The molecule has 10 rings (SSSR count). The molecule has 8 amide bonds. The van der Waals surface area contributed by atoms with Crippen LogP contribution in [0, 0.1) is 6.92 Å². The molecule has 22 heteroatoms. The van der Waals surface area contributed by atoms with Crippen molar-refractivity contribution in [2.75, 3.05) is 33.8 Å². The van der Waals surface area contributed by atoms with Crippen LogP contribution in [0.15, 0.2) is 146 Å². The summed E-state index contributed by atoms with van der Waals surface area (Å²) < 4.78 is 21.1. The number of fused-ring (bicyclic) bond motifs is 3. The molecule has 0 fully saturated rings. The van der Waals surface area contributed by atoms with Gasteiger partial charge in [-0.25, -0.2) is 4.98 Å². The zero-order valence-electron chi connectivity index (χ0n) is 45.1. The topological polar surface area (TPSA) is 271 Å². The van der Waals surface area contributed by atoms with Gasteiger partial charge in [0.05, 0.1) is 109 Å².